The minimum absolute atomic E-state index is 0.0166. The monoisotopic (exact) mass is 436 g/mol. The number of nitrogens with one attached hydrogen (secondary N) is 2. The number of benzene rings is 2. The molecule has 10 nitrogen and oxygen atoms in total. The summed E-state index contributed by atoms with van der Waals surface area (Å²) in [7, 11) is -2.45. The summed E-state index contributed by atoms with van der Waals surface area (Å²) in [6.07, 6.45) is -0.830. The number of carbonyl (C=O) groups is 1. The fourth-order valence-corrected chi connectivity index (χ4v) is 4.14. The molecule has 1 aromatic heterocycles. The number of methoxy groups -OCH3 is 1. The smallest absolute Gasteiger partial charge is 0.431 e. The number of sulfone groups is 1. The van der Waals surface area contributed by atoms with E-state index >= 15 is 0 Å². The molecule has 0 fully saturated rings. The van der Waals surface area contributed by atoms with E-state index in [1.165, 1.54) is 25.3 Å². The number of nitrogens with zero attached hydrogens (tertiary/aromatic N) is 2. The number of anilines is 1. The van der Waals surface area contributed by atoms with Gasteiger partial charge in [-0.05, 0) is 55.0 Å². The largest absolute Gasteiger partial charge is 0.508 e. The predicted molar refractivity (Wildman–Crippen MR) is 104 cm³/mol. The highest BCUT2D eigenvalue weighted by Gasteiger charge is 2.24. The second-order valence-electron chi connectivity index (χ2n) is 5.65. The molecule has 3 rings (SSSR count). The highest BCUT2D eigenvalue weighted by atomic mass is 32.2. The minimum atomic E-state index is -3.97. The summed E-state index contributed by atoms with van der Waals surface area (Å²) in [6.45, 7) is 1.58. The van der Waals surface area contributed by atoms with Crippen LogP contribution in [0.4, 0.5) is 9.93 Å². The molecule has 0 atom stereocenters. The number of aromatic hydroxyl groups is 1. The third kappa shape index (κ3) is 4.73. The Labute approximate surface area is 170 Å². The van der Waals surface area contributed by atoms with E-state index in [1.54, 1.807) is 31.2 Å². The van der Waals surface area contributed by atoms with Crippen LogP contribution in [-0.4, -0.2) is 36.1 Å². The zero-order valence-electron chi connectivity index (χ0n) is 15.2. The molecule has 3 aromatic rings. The summed E-state index contributed by atoms with van der Waals surface area (Å²) in [4.78, 5) is 15.6. The zero-order valence-corrected chi connectivity index (χ0v) is 16.9. The van der Waals surface area contributed by atoms with Gasteiger partial charge in [0.15, 0.2) is 0 Å². The lowest BCUT2D eigenvalue weighted by molar-refractivity contribution is 0.202. The Bertz CT molecular complexity index is 1130. The number of rotatable bonds is 6. The normalized spacial score (nSPS) is 11.0. The van der Waals surface area contributed by atoms with Crippen molar-refractivity contribution in [3.05, 3.63) is 48.0 Å². The third-order valence-corrected chi connectivity index (χ3v) is 5.95. The Hall–Kier alpha value is -3.38. The molecule has 0 bridgehead atoms. The first-order chi connectivity index (χ1) is 13.8. The molecule has 0 aliphatic heterocycles. The molecular weight excluding hydrogens is 420 g/mol. The fourth-order valence-electron chi connectivity index (χ4n) is 2.15. The summed E-state index contributed by atoms with van der Waals surface area (Å²) in [5.41, 5.74) is 5.08. The number of phenolic OH excluding ortho intramolecular Hbond substituents is 1. The van der Waals surface area contributed by atoms with Gasteiger partial charge in [0, 0.05) is 11.5 Å². The number of aromatic nitrogens is 2. The van der Waals surface area contributed by atoms with Gasteiger partial charge in [-0.3, -0.25) is 5.43 Å². The van der Waals surface area contributed by atoms with Gasteiger partial charge in [0.2, 0.25) is 15.0 Å². The van der Waals surface area contributed by atoms with Crippen molar-refractivity contribution in [2.75, 3.05) is 12.5 Å². The van der Waals surface area contributed by atoms with Gasteiger partial charge >= 0.3 is 6.09 Å². The maximum atomic E-state index is 12.6. The van der Waals surface area contributed by atoms with Crippen LogP contribution in [0.2, 0.25) is 0 Å². The number of aryl methyl sites for hydroxylation is 1. The van der Waals surface area contributed by atoms with Crippen LogP contribution in [0.1, 0.15) is 5.56 Å². The SMILES string of the molecule is COc1ccc(OC(=O)NNc2nc(S(=O)(=O)c3ccc(O)c(C)c3)ns2)cc1. The van der Waals surface area contributed by atoms with E-state index in [-0.39, 0.29) is 21.5 Å². The highest BCUT2D eigenvalue weighted by Crippen LogP contribution is 2.25. The average molecular weight is 436 g/mol. The van der Waals surface area contributed by atoms with Crippen LogP contribution in [-0.2, 0) is 9.84 Å². The van der Waals surface area contributed by atoms with Crippen molar-refractivity contribution in [3.8, 4) is 17.2 Å². The molecular formula is C17H16N4O6S2. The van der Waals surface area contributed by atoms with E-state index in [4.69, 9.17) is 9.47 Å². The highest BCUT2D eigenvalue weighted by molar-refractivity contribution is 7.91. The molecule has 0 radical (unpaired) electrons. The molecule has 0 saturated carbocycles. The maximum absolute atomic E-state index is 12.6. The lowest BCUT2D eigenvalue weighted by Gasteiger charge is -2.07. The minimum Gasteiger partial charge on any atom is -0.508 e. The summed E-state index contributed by atoms with van der Waals surface area (Å²) >= 11 is 0.744. The van der Waals surface area contributed by atoms with Crippen molar-refractivity contribution in [2.45, 2.75) is 17.0 Å². The van der Waals surface area contributed by atoms with Crippen LogP contribution in [0.25, 0.3) is 0 Å². The first-order valence-corrected chi connectivity index (χ1v) is 10.3. The number of amides is 1. The number of phenols is 1. The van der Waals surface area contributed by atoms with Crippen molar-refractivity contribution in [1.82, 2.24) is 14.8 Å². The molecule has 3 N–H and O–H groups in total. The van der Waals surface area contributed by atoms with E-state index in [1.807, 2.05) is 0 Å². The first-order valence-electron chi connectivity index (χ1n) is 8.06. The Balaban J connectivity index is 1.63. The van der Waals surface area contributed by atoms with Crippen LogP contribution >= 0.6 is 11.5 Å². The van der Waals surface area contributed by atoms with Crippen LogP contribution in [0.5, 0.6) is 17.2 Å². The van der Waals surface area contributed by atoms with Gasteiger partial charge in [-0.25, -0.2) is 18.6 Å². The second kappa shape index (κ2) is 8.32. The second-order valence-corrected chi connectivity index (χ2v) is 8.24. The molecule has 152 valence electrons. The Morgan fingerprint density at radius 1 is 1.14 bits per heavy atom. The van der Waals surface area contributed by atoms with E-state index < -0.39 is 21.1 Å². The van der Waals surface area contributed by atoms with Gasteiger partial charge in [-0.15, -0.1) is 0 Å². The quantitative estimate of drug-likeness (QED) is 0.497. The van der Waals surface area contributed by atoms with Gasteiger partial charge in [0.1, 0.15) is 17.2 Å². The molecule has 12 heteroatoms. The zero-order chi connectivity index (χ0) is 21.0. The molecule has 2 aromatic carbocycles. The molecule has 1 amide bonds. The lowest BCUT2D eigenvalue weighted by Crippen LogP contribution is -2.32. The van der Waals surface area contributed by atoms with Crippen molar-refractivity contribution >= 4 is 32.6 Å². The molecule has 0 aliphatic rings. The summed E-state index contributed by atoms with van der Waals surface area (Å²) in [5, 5.41) is 9.16. The fraction of sp³-hybridized carbons (Fsp3) is 0.118. The van der Waals surface area contributed by atoms with E-state index in [2.05, 4.69) is 20.2 Å². The number of hydrogen-bond donors (Lipinski definition) is 3. The molecule has 1 heterocycles. The number of hydrogen-bond acceptors (Lipinski definition) is 10. The standard InChI is InChI=1S/C17H16N4O6S2/c1-10-9-13(7-8-14(10)22)29(24,25)16-18-15(28-21-16)19-20-17(23)27-12-5-3-11(26-2)4-6-12/h3-9,22H,1-2H3,(H,20,23)(H,18,19,21). The van der Waals surface area contributed by atoms with E-state index in [0.717, 1.165) is 11.5 Å². The molecule has 0 unspecified atom stereocenters. The molecule has 29 heavy (non-hydrogen) atoms. The van der Waals surface area contributed by atoms with Gasteiger partial charge < -0.3 is 14.6 Å². The van der Waals surface area contributed by atoms with Gasteiger partial charge in [-0.1, -0.05) is 0 Å². The Morgan fingerprint density at radius 2 is 1.83 bits per heavy atom. The van der Waals surface area contributed by atoms with Gasteiger partial charge in [0.25, 0.3) is 5.16 Å². The van der Waals surface area contributed by atoms with Crippen LogP contribution < -0.4 is 20.3 Å². The lowest BCUT2D eigenvalue weighted by atomic mass is 10.2. The maximum Gasteiger partial charge on any atom is 0.431 e. The molecule has 0 aliphatic carbocycles. The predicted octanol–water partition coefficient (Wildman–Crippen LogP) is 2.51. The number of carbonyl (C=O) groups excluding carboxylic acids is 1. The molecule has 0 spiro atoms. The van der Waals surface area contributed by atoms with Crippen LogP contribution in [0, 0.1) is 6.92 Å². The van der Waals surface area contributed by atoms with Crippen LogP contribution in [0.3, 0.4) is 0 Å². The van der Waals surface area contributed by atoms with E-state index in [0.29, 0.717) is 11.3 Å². The average Bonchev–Trinajstić information content (AvgIpc) is 3.19. The summed E-state index contributed by atoms with van der Waals surface area (Å²) in [5.74, 6) is 0.882. The Morgan fingerprint density at radius 3 is 2.48 bits per heavy atom. The number of ether oxygens (including phenoxy) is 2. The van der Waals surface area contributed by atoms with Crippen molar-refractivity contribution < 1.29 is 27.8 Å². The molecule has 0 saturated heterocycles. The van der Waals surface area contributed by atoms with E-state index in [9.17, 15) is 18.3 Å². The van der Waals surface area contributed by atoms with Gasteiger partial charge in [-0.2, -0.15) is 9.36 Å². The van der Waals surface area contributed by atoms with Crippen molar-refractivity contribution in [1.29, 1.82) is 0 Å². The number of hydrazine groups is 1. The Kier molecular flexibility index (Phi) is 5.84. The third-order valence-electron chi connectivity index (χ3n) is 3.67. The van der Waals surface area contributed by atoms with Crippen LogP contribution in [0.15, 0.2) is 52.5 Å². The first kappa shape index (κ1) is 20.4. The topological polar surface area (TPSA) is 140 Å². The van der Waals surface area contributed by atoms with Crippen molar-refractivity contribution in [2.24, 2.45) is 0 Å². The van der Waals surface area contributed by atoms with Gasteiger partial charge in [0.05, 0.1) is 12.0 Å². The van der Waals surface area contributed by atoms with Crippen molar-refractivity contribution in [3.63, 3.8) is 0 Å². The summed E-state index contributed by atoms with van der Waals surface area (Å²) in [6, 6.07) is 10.2. The summed E-state index contributed by atoms with van der Waals surface area (Å²) < 4.78 is 39.1.